The first-order chi connectivity index (χ1) is 9.35. The lowest BCUT2D eigenvalue weighted by Crippen LogP contribution is -2.20. The van der Waals surface area contributed by atoms with Gasteiger partial charge in [-0.15, -0.1) is 0 Å². The Labute approximate surface area is 116 Å². The Kier molecular flexibility index (Phi) is 14.1. The predicted octanol–water partition coefficient (Wildman–Crippen LogP) is 3.74. The maximum absolute atomic E-state index is 8.64. The van der Waals surface area contributed by atoms with E-state index in [1.54, 1.807) is 0 Å². The molecule has 0 fully saturated rings. The summed E-state index contributed by atoms with van der Waals surface area (Å²) >= 11 is 0. The smallest absolute Gasteiger partial charge is 0.166 e. The van der Waals surface area contributed by atoms with Crippen LogP contribution in [0.2, 0.25) is 0 Å². The van der Waals surface area contributed by atoms with Crippen LogP contribution in [0.3, 0.4) is 0 Å². The lowest BCUT2D eigenvalue weighted by atomic mass is 10.1. The van der Waals surface area contributed by atoms with Crippen molar-refractivity contribution in [3.05, 3.63) is 0 Å². The minimum absolute atomic E-state index is 0.193. The molecule has 3 N–H and O–H groups in total. The van der Waals surface area contributed by atoms with Crippen LogP contribution in [0.1, 0.15) is 71.1 Å². The van der Waals surface area contributed by atoms with Crippen molar-refractivity contribution >= 4 is 12.1 Å². The summed E-state index contributed by atoms with van der Waals surface area (Å²) in [5, 5.41) is 19.7. The highest BCUT2D eigenvalue weighted by molar-refractivity contribution is 6.28. The Hall–Kier alpha value is -1.10. The van der Waals surface area contributed by atoms with Crippen molar-refractivity contribution in [1.82, 2.24) is 5.48 Å². The van der Waals surface area contributed by atoms with Gasteiger partial charge in [-0.05, 0) is 6.42 Å². The number of hydroxylamine groups is 1. The van der Waals surface area contributed by atoms with Gasteiger partial charge in [0.1, 0.15) is 6.21 Å². The zero-order chi connectivity index (χ0) is 14.2. The molecule has 0 radical (unpaired) electrons. The van der Waals surface area contributed by atoms with Crippen molar-refractivity contribution in [2.24, 2.45) is 10.1 Å². The van der Waals surface area contributed by atoms with Crippen LogP contribution in [-0.4, -0.2) is 29.0 Å². The van der Waals surface area contributed by atoms with Gasteiger partial charge in [-0.2, -0.15) is 0 Å². The second kappa shape index (κ2) is 15.0. The molecule has 0 aliphatic carbocycles. The van der Waals surface area contributed by atoms with Gasteiger partial charge < -0.3 is 5.21 Å². The van der Waals surface area contributed by atoms with Crippen LogP contribution in [0.5, 0.6) is 0 Å². The van der Waals surface area contributed by atoms with E-state index < -0.39 is 0 Å². The van der Waals surface area contributed by atoms with E-state index in [0.717, 1.165) is 19.1 Å². The van der Waals surface area contributed by atoms with Gasteiger partial charge in [0.05, 0.1) is 0 Å². The van der Waals surface area contributed by atoms with Gasteiger partial charge in [-0.25, -0.2) is 0 Å². The maximum atomic E-state index is 8.64. The first kappa shape index (κ1) is 17.9. The molecule has 0 saturated carbocycles. The average Bonchev–Trinajstić information content (AvgIpc) is 2.43. The zero-order valence-electron chi connectivity index (χ0n) is 12.1. The third kappa shape index (κ3) is 13.1. The molecule has 0 aliphatic rings. The molecule has 0 aromatic rings. The number of nitrogens with zero attached hydrogens (tertiary/aromatic N) is 2. The molecular formula is C14H29N3O2. The molecule has 0 saturated heterocycles. The third-order valence-corrected chi connectivity index (χ3v) is 3.09. The van der Waals surface area contributed by atoms with E-state index in [1.807, 2.05) is 5.48 Å². The van der Waals surface area contributed by atoms with Crippen molar-refractivity contribution in [3.8, 4) is 0 Å². The normalized spacial score (nSPS) is 12.2. The van der Waals surface area contributed by atoms with Crippen LogP contribution in [0, 0.1) is 0 Å². The Balaban J connectivity index is 3.26. The lowest BCUT2D eigenvalue weighted by molar-refractivity contribution is 0.236. The molecule has 0 aromatic heterocycles. The first-order valence-corrected chi connectivity index (χ1v) is 7.47. The van der Waals surface area contributed by atoms with Gasteiger partial charge in [-0.3, -0.25) is 15.7 Å². The summed E-state index contributed by atoms with van der Waals surface area (Å²) in [7, 11) is 0. The summed E-state index contributed by atoms with van der Waals surface area (Å²) in [6.45, 7) is 2.89. The summed E-state index contributed by atoms with van der Waals surface area (Å²) in [6, 6.07) is 0. The molecule has 0 unspecified atom stereocenters. The number of nitrogens with one attached hydrogen (secondary N) is 1. The molecule has 0 heterocycles. The van der Waals surface area contributed by atoms with E-state index in [1.165, 1.54) is 51.4 Å². The molecule has 5 heteroatoms. The van der Waals surface area contributed by atoms with Crippen LogP contribution < -0.4 is 5.48 Å². The summed E-state index contributed by atoms with van der Waals surface area (Å²) in [5.74, 6) is 0.193. The van der Waals surface area contributed by atoms with Gasteiger partial charge in [-0.1, -0.05) is 69.9 Å². The Morgan fingerprint density at radius 3 is 1.95 bits per heavy atom. The van der Waals surface area contributed by atoms with E-state index in [0.29, 0.717) is 6.54 Å². The lowest BCUT2D eigenvalue weighted by Gasteiger charge is -2.01. The second-order valence-corrected chi connectivity index (χ2v) is 4.81. The van der Waals surface area contributed by atoms with Crippen LogP contribution >= 0.6 is 0 Å². The van der Waals surface area contributed by atoms with Crippen molar-refractivity contribution < 1.29 is 10.4 Å². The number of oxime groups is 1. The Morgan fingerprint density at radius 1 is 0.947 bits per heavy atom. The van der Waals surface area contributed by atoms with Gasteiger partial charge >= 0.3 is 0 Å². The minimum atomic E-state index is 0.193. The highest BCUT2D eigenvalue weighted by Crippen LogP contribution is 2.10. The van der Waals surface area contributed by atoms with Gasteiger partial charge in [0.25, 0.3) is 0 Å². The van der Waals surface area contributed by atoms with Gasteiger partial charge in [0.15, 0.2) is 5.84 Å². The predicted molar refractivity (Wildman–Crippen MR) is 79.3 cm³/mol. The van der Waals surface area contributed by atoms with E-state index in [9.17, 15) is 0 Å². The maximum Gasteiger partial charge on any atom is 0.166 e. The van der Waals surface area contributed by atoms with Crippen molar-refractivity contribution in [1.29, 1.82) is 0 Å². The molecule has 0 rings (SSSR count). The van der Waals surface area contributed by atoms with E-state index in [4.69, 9.17) is 10.4 Å². The van der Waals surface area contributed by atoms with Crippen LogP contribution in [0.4, 0.5) is 0 Å². The van der Waals surface area contributed by atoms with E-state index >= 15 is 0 Å². The fourth-order valence-electron chi connectivity index (χ4n) is 1.96. The number of rotatable bonds is 12. The molecule has 19 heavy (non-hydrogen) atoms. The summed E-state index contributed by atoms with van der Waals surface area (Å²) < 4.78 is 0. The highest BCUT2D eigenvalue weighted by Gasteiger charge is 1.94. The average molecular weight is 271 g/mol. The Bertz CT molecular complexity index is 243. The molecule has 0 aliphatic heterocycles. The van der Waals surface area contributed by atoms with E-state index in [2.05, 4.69) is 17.1 Å². The van der Waals surface area contributed by atoms with E-state index in [-0.39, 0.29) is 5.84 Å². The van der Waals surface area contributed by atoms with Gasteiger partial charge in [0, 0.05) is 6.54 Å². The molecule has 0 amide bonds. The number of unbranched alkanes of at least 4 members (excludes halogenated alkanes) is 9. The monoisotopic (exact) mass is 271 g/mol. The first-order valence-electron chi connectivity index (χ1n) is 7.47. The fourth-order valence-corrected chi connectivity index (χ4v) is 1.96. The number of hydrogen-bond acceptors (Lipinski definition) is 4. The van der Waals surface area contributed by atoms with Crippen LogP contribution in [0.15, 0.2) is 10.1 Å². The molecule has 0 bridgehead atoms. The largest absolute Gasteiger partial charge is 0.411 e. The highest BCUT2D eigenvalue weighted by atomic mass is 16.5. The molecule has 0 aromatic carbocycles. The van der Waals surface area contributed by atoms with Crippen molar-refractivity contribution in [2.75, 3.05) is 6.54 Å². The summed E-state index contributed by atoms with van der Waals surface area (Å²) in [4.78, 5) is 4.05. The molecular weight excluding hydrogens is 242 g/mol. The van der Waals surface area contributed by atoms with Crippen molar-refractivity contribution in [3.63, 3.8) is 0 Å². The standard InChI is InChI=1S/C14H29N3O2/c1-2-3-4-5-6-7-8-9-10-11-12-15-14(17-19)13-16-18/h13,18-19H,2-12H2,1H3,(H,15,17)/b16-13+. The number of aliphatic imine (C=N–C) groups is 1. The molecule has 0 atom stereocenters. The zero-order valence-corrected chi connectivity index (χ0v) is 12.1. The van der Waals surface area contributed by atoms with Crippen LogP contribution in [-0.2, 0) is 0 Å². The number of hydrogen-bond donors (Lipinski definition) is 3. The molecule has 0 spiro atoms. The van der Waals surface area contributed by atoms with Crippen LogP contribution in [0.25, 0.3) is 0 Å². The minimum Gasteiger partial charge on any atom is -0.411 e. The number of amidine groups is 1. The fraction of sp³-hybridized carbons (Fsp3) is 0.857. The summed E-state index contributed by atoms with van der Waals surface area (Å²) in [6.07, 6.45) is 13.9. The Morgan fingerprint density at radius 2 is 1.47 bits per heavy atom. The van der Waals surface area contributed by atoms with Gasteiger partial charge in [0.2, 0.25) is 0 Å². The molecule has 5 nitrogen and oxygen atoms in total. The second-order valence-electron chi connectivity index (χ2n) is 4.81. The molecule has 112 valence electrons. The topological polar surface area (TPSA) is 77.2 Å². The SMILES string of the molecule is CCCCCCCCCCCCN=C(/C=N/O)NO. The third-order valence-electron chi connectivity index (χ3n) is 3.09. The quantitative estimate of drug-likeness (QED) is 0.166. The summed E-state index contributed by atoms with van der Waals surface area (Å²) in [5.41, 5.74) is 1.88. The van der Waals surface area contributed by atoms with Crippen molar-refractivity contribution in [2.45, 2.75) is 71.1 Å².